The lowest BCUT2D eigenvalue weighted by atomic mass is 10.1. The van der Waals surface area contributed by atoms with Crippen LogP contribution in [0.5, 0.6) is 5.75 Å². The normalized spacial score (nSPS) is 24.8. The lowest BCUT2D eigenvalue weighted by molar-refractivity contribution is -0.172. The van der Waals surface area contributed by atoms with Crippen LogP contribution in [0.3, 0.4) is 0 Å². The maximum atomic E-state index is 15.4. The average molecular weight is 452 g/mol. The Morgan fingerprint density at radius 2 is 2.17 bits per heavy atom. The van der Waals surface area contributed by atoms with Gasteiger partial charge < -0.3 is 24.8 Å². The zero-order valence-electron chi connectivity index (χ0n) is 16.4. The van der Waals surface area contributed by atoms with Crippen molar-refractivity contribution in [2.24, 2.45) is 5.92 Å². The molecule has 1 aromatic carbocycles. The van der Waals surface area contributed by atoms with E-state index in [1.54, 1.807) is 30.1 Å². The van der Waals surface area contributed by atoms with E-state index >= 15 is 4.39 Å². The molecule has 1 aliphatic heterocycles. The third kappa shape index (κ3) is 4.24. The van der Waals surface area contributed by atoms with Gasteiger partial charge in [0.2, 0.25) is 19.0 Å². The van der Waals surface area contributed by atoms with Crippen LogP contribution in [0.25, 0.3) is 11.2 Å². The molecule has 160 valence electrons. The number of aromatic nitrogens is 4. The minimum atomic E-state index is -2.10. The molecular weight excluding hydrogens is 430 g/mol. The number of benzene rings is 1. The SMILES string of the molecule is CNc1nc(N)nc2c1ncn2[C@@H]1O[C@](F)(CO[PH](=S)Oc2ccccc2)C[C@@H]1C. The number of anilines is 2. The fourth-order valence-electron chi connectivity index (χ4n) is 3.46. The minimum Gasteiger partial charge on any atom is -0.446 e. The largest absolute Gasteiger partial charge is 0.446 e. The summed E-state index contributed by atoms with van der Waals surface area (Å²) in [6, 6.07) is 9.06. The smallest absolute Gasteiger partial charge is 0.235 e. The summed E-state index contributed by atoms with van der Waals surface area (Å²) in [5.41, 5.74) is 6.80. The van der Waals surface area contributed by atoms with E-state index < -0.39 is 19.2 Å². The molecule has 0 radical (unpaired) electrons. The molecule has 0 aliphatic carbocycles. The van der Waals surface area contributed by atoms with Gasteiger partial charge in [0.25, 0.3) is 0 Å². The van der Waals surface area contributed by atoms with E-state index in [1.165, 1.54) is 0 Å². The highest BCUT2D eigenvalue weighted by molar-refractivity contribution is 8.00. The molecular formula is C18H22FN6O3PS. The Morgan fingerprint density at radius 3 is 2.90 bits per heavy atom. The van der Waals surface area contributed by atoms with Crippen LogP contribution in [0.15, 0.2) is 36.7 Å². The Bertz CT molecular complexity index is 1070. The Kier molecular flexibility index (Phi) is 5.88. The molecule has 1 unspecified atom stereocenters. The van der Waals surface area contributed by atoms with Crippen LogP contribution in [-0.4, -0.2) is 39.0 Å². The highest BCUT2D eigenvalue weighted by Gasteiger charge is 2.47. The second kappa shape index (κ2) is 8.43. The number of nitrogens with one attached hydrogen (secondary N) is 1. The number of imidazole rings is 1. The molecule has 12 heteroatoms. The molecule has 1 saturated heterocycles. The van der Waals surface area contributed by atoms with E-state index in [0.29, 0.717) is 22.7 Å². The molecule has 9 nitrogen and oxygen atoms in total. The van der Waals surface area contributed by atoms with Gasteiger partial charge in [0.05, 0.1) is 6.33 Å². The monoisotopic (exact) mass is 452 g/mol. The van der Waals surface area contributed by atoms with E-state index in [4.69, 9.17) is 31.3 Å². The Labute approximate surface area is 178 Å². The van der Waals surface area contributed by atoms with Crippen molar-refractivity contribution in [3.05, 3.63) is 36.7 Å². The molecule has 0 saturated carbocycles. The first kappa shape index (κ1) is 20.9. The molecule has 1 aliphatic rings. The van der Waals surface area contributed by atoms with E-state index in [9.17, 15) is 0 Å². The Hall–Kier alpha value is -2.33. The zero-order valence-corrected chi connectivity index (χ0v) is 18.2. The minimum absolute atomic E-state index is 0.0884. The van der Waals surface area contributed by atoms with Crippen molar-refractivity contribution in [2.45, 2.75) is 25.4 Å². The van der Waals surface area contributed by atoms with Gasteiger partial charge in [-0.2, -0.15) is 9.97 Å². The van der Waals surface area contributed by atoms with Gasteiger partial charge in [0.15, 0.2) is 17.0 Å². The number of para-hydroxylation sites is 1. The number of nitrogens with two attached hydrogens (primary N) is 1. The van der Waals surface area contributed by atoms with E-state index in [-0.39, 0.29) is 24.9 Å². The molecule has 0 spiro atoms. The first-order valence-electron chi connectivity index (χ1n) is 9.33. The predicted molar refractivity (Wildman–Crippen MR) is 116 cm³/mol. The second-order valence-electron chi connectivity index (χ2n) is 7.03. The molecule has 1 fully saturated rings. The van der Waals surface area contributed by atoms with Gasteiger partial charge >= 0.3 is 0 Å². The summed E-state index contributed by atoms with van der Waals surface area (Å²) in [7, 11) is -0.392. The third-order valence-corrected chi connectivity index (χ3v) is 6.13. The number of hydrogen-bond acceptors (Lipinski definition) is 9. The van der Waals surface area contributed by atoms with Crippen molar-refractivity contribution < 1.29 is 18.2 Å². The van der Waals surface area contributed by atoms with Gasteiger partial charge in [0.1, 0.15) is 18.6 Å². The van der Waals surface area contributed by atoms with Gasteiger partial charge in [-0.05, 0) is 23.9 Å². The molecule has 2 aromatic heterocycles. The lowest BCUT2D eigenvalue weighted by Gasteiger charge is -2.22. The summed E-state index contributed by atoms with van der Waals surface area (Å²) in [4.78, 5) is 12.7. The molecule has 3 N–H and O–H groups in total. The predicted octanol–water partition coefficient (Wildman–Crippen LogP) is 3.27. The summed E-state index contributed by atoms with van der Waals surface area (Å²) in [6.45, 7) is 1.57. The topological polar surface area (TPSA) is 109 Å². The van der Waals surface area contributed by atoms with Crippen molar-refractivity contribution in [3.8, 4) is 5.75 Å². The van der Waals surface area contributed by atoms with Gasteiger partial charge in [-0.1, -0.05) is 25.1 Å². The van der Waals surface area contributed by atoms with Crippen LogP contribution in [-0.2, 0) is 21.1 Å². The van der Waals surface area contributed by atoms with Gasteiger partial charge in [0, 0.05) is 19.4 Å². The van der Waals surface area contributed by atoms with Gasteiger partial charge in [-0.15, -0.1) is 0 Å². The summed E-state index contributed by atoms with van der Waals surface area (Å²) in [5, 5.41) is 2.93. The van der Waals surface area contributed by atoms with Crippen molar-refractivity contribution in [3.63, 3.8) is 0 Å². The van der Waals surface area contributed by atoms with Gasteiger partial charge in [-0.3, -0.25) is 4.57 Å². The number of nitrogen functional groups attached to an aromatic ring is 1. The summed E-state index contributed by atoms with van der Waals surface area (Å²) in [6.07, 6.45) is 1.05. The fraction of sp³-hybridized carbons (Fsp3) is 0.389. The van der Waals surface area contributed by atoms with Crippen LogP contribution in [0.2, 0.25) is 0 Å². The molecule has 3 aromatic rings. The number of ether oxygens (including phenoxy) is 1. The highest BCUT2D eigenvalue weighted by Crippen LogP contribution is 2.44. The molecule has 0 amide bonds. The quantitative estimate of drug-likeness (QED) is 0.522. The number of halogens is 1. The van der Waals surface area contributed by atoms with Crippen LogP contribution in [0, 0.1) is 5.92 Å². The van der Waals surface area contributed by atoms with Crippen molar-refractivity contribution in [2.75, 3.05) is 24.7 Å². The van der Waals surface area contributed by atoms with Crippen molar-refractivity contribution >= 4 is 41.9 Å². The van der Waals surface area contributed by atoms with Crippen LogP contribution >= 0.6 is 7.15 Å². The lowest BCUT2D eigenvalue weighted by Crippen LogP contribution is -2.28. The number of nitrogens with zero attached hydrogens (tertiary/aromatic N) is 4. The fourth-order valence-corrected chi connectivity index (χ4v) is 4.65. The maximum absolute atomic E-state index is 15.4. The summed E-state index contributed by atoms with van der Waals surface area (Å²) >= 11 is 5.23. The summed E-state index contributed by atoms with van der Waals surface area (Å²) < 4.78 is 33.9. The number of hydrogen-bond donors (Lipinski definition) is 2. The molecule has 0 bridgehead atoms. The highest BCUT2D eigenvalue weighted by atomic mass is 32.4. The average Bonchev–Trinajstić information content (AvgIpc) is 3.27. The van der Waals surface area contributed by atoms with Crippen molar-refractivity contribution in [1.82, 2.24) is 19.5 Å². The number of alkyl halides is 1. The Morgan fingerprint density at radius 1 is 1.40 bits per heavy atom. The van der Waals surface area contributed by atoms with Gasteiger partial charge in [-0.25, -0.2) is 9.37 Å². The molecule has 3 heterocycles. The maximum Gasteiger partial charge on any atom is 0.235 e. The molecule has 4 atom stereocenters. The van der Waals surface area contributed by atoms with E-state index in [0.717, 1.165) is 0 Å². The first-order chi connectivity index (χ1) is 14.4. The second-order valence-corrected chi connectivity index (χ2v) is 9.02. The molecule has 4 rings (SSSR count). The third-order valence-electron chi connectivity index (χ3n) is 4.75. The van der Waals surface area contributed by atoms with Crippen molar-refractivity contribution in [1.29, 1.82) is 0 Å². The molecule has 30 heavy (non-hydrogen) atoms. The van der Waals surface area contributed by atoms with E-state index in [1.807, 2.05) is 25.1 Å². The van der Waals surface area contributed by atoms with Crippen LogP contribution in [0.1, 0.15) is 19.6 Å². The van der Waals surface area contributed by atoms with Crippen LogP contribution in [0.4, 0.5) is 16.2 Å². The first-order valence-corrected chi connectivity index (χ1v) is 11.8. The Balaban J connectivity index is 1.47. The van der Waals surface area contributed by atoms with Crippen LogP contribution < -0.4 is 15.6 Å². The zero-order chi connectivity index (χ0) is 21.3. The van der Waals surface area contributed by atoms with E-state index in [2.05, 4.69) is 20.3 Å². The standard InChI is InChI=1S/C18H22FN6O3PS/c1-11-8-18(19,9-26-29(30)28-12-6-4-3-5-7-12)27-16(11)25-10-22-13-14(21-2)23-17(20)24-15(13)25/h3-7,10-11,16,29H,8-9H2,1-2H3,(H3,20,21,23,24)/t11-,16+,18-/m0/s1. The summed E-state index contributed by atoms with van der Waals surface area (Å²) in [5.74, 6) is -0.991. The number of rotatable bonds is 7. The number of fused-ring (bicyclic) bond motifs is 1.